The lowest BCUT2D eigenvalue weighted by atomic mass is 10.1. The predicted octanol–water partition coefficient (Wildman–Crippen LogP) is 2.68. The molecule has 2 amide bonds. The second-order valence-electron chi connectivity index (χ2n) is 6.85. The molecule has 4 rings (SSSR count). The van der Waals surface area contributed by atoms with Crippen LogP contribution in [-0.4, -0.2) is 35.6 Å². The van der Waals surface area contributed by atoms with E-state index in [9.17, 15) is 14.4 Å². The lowest BCUT2D eigenvalue weighted by molar-refractivity contribution is -0.147. The van der Waals surface area contributed by atoms with Crippen LogP contribution < -0.4 is 10.2 Å². The minimum absolute atomic E-state index is 0.101. The molecule has 0 saturated carbocycles. The van der Waals surface area contributed by atoms with Crippen LogP contribution in [-0.2, 0) is 25.5 Å². The topological polar surface area (TPSA) is 102 Å². The van der Waals surface area contributed by atoms with E-state index in [1.165, 1.54) is 4.90 Å². The summed E-state index contributed by atoms with van der Waals surface area (Å²) in [5.74, 6) is -1.16. The van der Waals surface area contributed by atoms with Gasteiger partial charge in [0, 0.05) is 17.8 Å². The molecule has 0 aliphatic carbocycles. The van der Waals surface area contributed by atoms with Gasteiger partial charge in [0.2, 0.25) is 5.91 Å². The highest BCUT2D eigenvalue weighted by Crippen LogP contribution is 2.31. The van der Waals surface area contributed by atoms with Crippen molar-refractivity contribution in [3.63, 3.8) is 0 Å². The molecule has 0 spiro atoms. The van der Waals surface area contributed by atoms with E-state index in [0.29, 0.717) is 22.7 Å². The monoisotopic (exact) mass is 393 g/mol. The third-order valence-electron chi connectivity index (χ3n) is 4.75. The highest BCUT2D eigenvalue weighted by molar-refractivity contribution is 6.05. The summed E-state index contributed by atoms with van der Waals surface area (Å²) in [6.07, 6.45) is 0.0514. The molecule has 148 valence electrons. The van der Waals surface area contributed by atoms with E-state index < -0.39 is 18.5 Å². The van der Waals surface area contributed by atoms with Crippen LogP contribution in [0, 0.1) is 0 Å². The Morgan fingerprint density at radius 2 is 1.97 bits per heavy atom. The van der Waals surface area contributed by atoms with E-state index in [-0.39, 0.29) is 24.8 Å². The number of nitrogens with zero attached hydrogens (tertiary/aromatic N) is 2. The van der Waals surface area contributed by atoms with Gasteiger partial charge >= 0.3 is 5.97 Å². The van der Waals surface area contributed by atoms with Crippen LogP contribution in [0.3, 0.4) is 0 Å². The number of ether oxygens (including phenoxy) is 1. The second kappa shape index (κ2) is 7.75. The molecule has 1 aromatic heterocycles. The van der Waals surface area contributed by atoms with Crippen molar-refractivity contribution in [3.8, 4) is 0 Å². The molecule has 1 atom stereocenters. The number of carbonyl (C=O) groups is 3. The first-order valence-electron chi connectivity index (χ1n) is 9.23. The molecule has 29 heavy (non-hydrogen) atoms. The fourth-order valence-electron chi connectivity index (χ4n) is 3.43. The van der Waals surface area contributed by atoms with Gasteiger partial charge in [-0.15, -0.1) is 0 Å². The summed E-state index contributed by atoms with van der Waals surface area (Å²) in [4.78, 5) is 38.6. The molecule has 1 aliphatic heterocycles. The standard InChI is InChI=1S/C21H19N3O5/c1-13-10-19(25)22-15-7-3-4-8-17(15)24(13)20(26)12-28-21(27)11-16-14-6-2-5-9-18(14)29-23-16/h2-9,13H,10-12H2,1H3,(H,22,25)/t13-/m1/s1. The van der Waals surface area contributed by atoms with Crippen LogP contribution in [0.25, 0.3) is 11.0 Å². The van der Waals surface area contributed by atoms with Crippen LogP contribution in [0.5, 0.6) is 0 Å². The largest absolute Gasteiger partial charge is 0.455 e. The molecular weight excluding hydrogens is 374 g/mol. The van der Waals surface area contributed by atoms with Crippen LogP contribution in [0.15, 0.2) is 53.1 Å². The van der Waals surface area contributed by atoms with E-state index in [2.05, 4.69) is 10.5 Å². The SMILES string of the molecule is C[C@@H]1CC(=O)Nc2ccccc2N1C(=O)COC(=O)Cc1noc2ccccc12. The summed E-state index contributed by atoms with van der Waals surface area (Å²) in [7, 11) is 0. The Morgan fingerprint density at radius 3 is 2.83 bits per heavy atom. The Morgan fingerprint density at radius 1 is 1.21 bits per heavy atom. The van der Waals surface area contributed by atoms with Gasteiger partial charge in [-0.25, -0.2) is 0 Å². The number of esters is 1. The molecule has 0 radical (unpaired) electrons. The lowest BCUT2D eigenvalue weighted by Crippen LogP contribution is -2.41. The van der Waals surface area contributed by atoms with E-state index >= 15 is 0 Å². The zero-order valence-corrected chi connectivity index (χ0v) is 15.8. The third-order valence-corrected chi connectivity index (χ3v) is 4.75. The first-order valence-corrected chi connectivity index (χ1v) is 9.23. The van der Waals surface area contributed by atoms with E-state index in [4.69, 9.17) is 9.26 Å². The minimum atomic E-state index is -0.581. The molecule has 0 fully saturated rings. The number of carbonyl (C=O) groups excluding carboxylic acids is 3. The van der Waals surface area contributed by atoms with Crippen LogP contribution >= 0.6 is 0 Å². The molecule has 1 aliphatic rings. The first-order chi connectivity index (χ1) is 14.0. The Kier molecular flexibility index (Phi) is 4.99. The van der Waals surface area contributed by atoms with Crippen molar-refractivity contribution >= 4 is 40.1 Å². The summed E-state index contributed by atoms with van der Waals surface area (Å²) in [6.45, 7) is 1.35. The molecule has 3 aromatic rings. The van der Waals surface area contributed by atoms with Gasteiger partial charge < -0.3 is 19.5 Å². The minimum Gasteiger partial charge on any atom is -0.455 e. The number of hydrogen-bond acceptors (Lipinski definition) is 6. The molecule has 8 heteroatoms. The number of fused-ring (bicyclic) bond motifs is 2. The number of nitrogens with one attached hydrogen (secondary N) is 1. The van der Waals surface area contributed by atoms with E-state index in [0.717, 1.165) is 5.39 Å². The summed E-state index contributed by atoms with van der Waals surface area (Å²) in [5, 5.41) is 7.42. The molecule has 2 aromatic carbocycles. The Balaban J connectivity index is 1.45. The van der Waals surface area contributed by atoms with Crippen molar-refractivity contribution in [1.82, 2.24) is 5.16 Å². The zero-order chi connectivity index (χ0) is 20.4. The number of aromatic nitrogens is 1. The highest BCUT2D eigenvalue weighted by atomic mass is 16.5. The van der Waals surface area contributed by atoms with Gasteiger partial charge in [0.1, 0.15) is 5.69 Å². The number of amides is 2. The van der Waals surface area contributed by atoms with Crippen molar-refractivity contribution in [3.05, 3.63) is 54.2 Å². The predicted molar refractivity (Wildman–Crippen MR) is 105 cm³/mol. The fraction of sp³-hybridized carbons (Fsp3) is 0.238. The fourth-order valence-corrected chi connectivity index (χ4v) is 3.43. The Labute approximate surface area is 166 Å². The number of para-hydroxylation sites is 3. The molecule has 2 heterocycles. The number of hydrogen-bond donors (Lipinski definition) is 1. The quantitative estimate of drug-likeness (QED) is 0.684. The number of anilines is 2. The maximum absolute atomic E-state index is 12.8. The maximum atomic E-state index is 12.8. The molecule has 0 saturated heterocycles. The van der Waals surface area contributed by atoms with Crippen LogP contribution in [0.2, 0.25) is 0 Å². The van der Waals surface area contributed by atoms with Gasteiger partial charge in [-0.1, -0.05) is 29.4 Å². The summed E-state index contributed by atoms with van der Waals surface area (Å²) >= 11 is 0. The summed E-state index contributed by atoms with van der Waals surface area (Å²) < 4.78 is 10.4. The highest BCUT2D eigenvalue weighted by Gasteiger charge is 2.30. The normalized spacial score (nSPS) is 16.1. The number of benzene rings is 2. The van der Waals surface area contributed by atoms with Gasteiger partial charge in [-0.3, -0.25) is 14.4 Å². The van der Waals surface area contributed by atoms with Gasteiger partial charge in [0.05, 0.1) is 17.8 Å². The molecule has 8 nitrogen and oxygen atoms in total. The third kappa shape index (κ3) is 3.82. The molecule has 1 N–H and O–H groups in total. The van der Waals surface area contributed by atoms with Crippen molar-refractivity contribution in [1.29, 1.82) is 0 Å². The van der Waals surface area contributed by atoms with Crippen molar-refractivity contribution < 1.29 is 23.6 Å². The Hall–Kier alpha value is -3.68. The average molecular weight is 393 g/mol. The first kappa shape index (κ1) is 18.7. The van der Waals surface area contributed by atoms with Crippen molar-refractivity contribution in [2.45, 2.75) is 25.8 Å². The summed E-state index contributed by atoms with van der Waals surface area (Å²) in [6, 6.07) is 13.9. The van der Waals surface area contributed by atoms with Crippen LogP contribution in [0.4, 0.5) is 11.4 Å². The molecular formula is C21H19N3O5. The average Bonchev–Trinajstić information content (AvgIpc) is 3.04. The lowest BCUT2D eigenvalue weighted by Gasteiger charge is -2.27. The number of rotatable bonds is 4. The molecule has 0 bridgehead atoms. The van der Waals surface area contributed by atoms with Gasteiger partial charge in [0.15, 0.2) is 12.2 Å². The van der Waals surface area contributed by atoms with Gasteiger partial charge in [-0.2, -0.15) is 0 Å². The van der Waals surface area contributed by atoms with Gasteiger partial charge in [0.25, 0.3) is 5.91 Å². The maximum Gasteiger partial charge on any atom is 0.312 e. The summed E-state index contributed by atoms with van der Waals surface area (Å²) in [5.41, 5.74) is 2.17. The van der Waals surface area contributed by atoms with Crippen molar-refractivity contribution in [2.75, 3.05) is 16.8 Å². The smallest absolute Gasteiger partial charge is 0.312 e. The van der Waals surface area contributed by atoms with Crippen LogP contribution in [0.1, 0.15) is 19.0 Å². The second-order valence-corrected chi connectivity index (χ2v) is 6.85. The van der Waals surface area contributed by atoms with E-state index in [1.54, 1.807) is 43.3 Å². The Bertz CT molecular complexity index is 1090. The van der Waals surface area contributed by atoms with Gasteiger partial charge in [-0.05, 0) is 31.2 Å². The molecule has 0 unspecified atom stereocenters. The zero-order valence-electron chi connectivity index (χ0n) is 15.8. The van der Waals surface area contributed by atoms with Crippen molar-refractivity contribution in [2.24, 2.45) is 0 Å². The van der Waals surface area contributed by atoms with E-state index in [1.807, 2.05) is 12.1 Å².